The maximum absolute atomic E-state index is 5.57. The van der Waals surface area contributed by atoms with E-state index in [1.165, 1.54) is 29.8 Å². The summed E-state index contributed by atoms with van der Waals surface area (Å²) in [5.74, 6) is 0. The van der Waals surface area contributed by atoms with Crippen LogP contribution >= 0.6 is 0 Å². The third-order valence-corrected chi connectivity index (χ3v) is 5.52. The van der Waals surface area contributed by atoms with Crippen molar-refractivity contribution in [2.45, 2.75) is 32.2 Å². The molecule has 1 aromatic rings. The lowest BCUT2D eigenvalue weighted by Crippen LogP contribution is -2.47. The average molecular weight is 342 g/mol. The van der Waals surface area contributed by atoms with E-state index in [9.17, 15) is 0 Å². The summed E-state index contributed by atoms with van der Waals surface area (Å²) in [5, 5.41) is 3.58. The molecule has 1 aromatic heterocycles. The van der Waals surface area contributed by atoms with Gasteiger partial charge in [-0.15, -0.1) is 0 Å². The predicted octanol–water partition coefficient (Wildman–Crippen LogP) is 2.28. The summed E-state index contributed by atoms with van der Waals surface area (Å²) < 4.78 is 5.57. The third kappa shape index (κ3) is 4.22. The highest BCUT2D eigenvalue weighted by Gasteiger charge is 2.22. The van der Waals surface area contributed by atoms with Crippen LogP contribution in [-0.4, -0.2) is 62.4 Å². The topological polar surface area (TPSA) is 40.6 Å². The van der Waals surface area contributed by atoms with Gasteiger partial charge in [-0.2, -0.15) is 0 Å². The molecule has 136 valence electrons. The van der Waals surface area contributed by atoms with Crippen LogP contribution < -0.4 is 10.2 Å². The smallest absolute Gasteiger partial charge is 0.0689 e. The number of aromatic nitrogens is 1. The molecule has 2 saturated heterocycles. The van der Waals surface area contributed by atoms with Crippen molar-refractivity contribution in [1.29, 1.82) is 0 Å². The average Bonchev–Trinajstić information content (AvgIpc) is 3.17. The van der Waals surface area contributed by atoms with Crippen LogP contribution in [0.4, 0.5) is 5.69 Å². The van der Waals surface area contributed by atoms with E-state index in [0.29, 0.717) is 6.04 Å². The first-order chi connectivity index (χ1) is 12.3. The summed E-state index contributed by atoms with van der Waals surface area (Å²) >= 11 is 0. The molecule has 3 aliphatic heterocycles. The van der Waals surface area contributed by atoms with Gasteiger partial charge in [-0.05, 0) is 50.4 Å². The van der Waals surface area contributed by atoms with Gasteiger partial charge in [0.15, 0.2) is 0 Å². The van der Waals surface area contributed by atoms with E-state index in [1.54, 1.807) is 0 Å². The van der Waals surface area contributed by atoms with Gasteiger partial charge >= 0.3 is 0 Å². The summed E-state index contributed by atoms with van der Waals surface area (Å²) in [6.07, 6.45) is 5.90. The molecule has 0 saturated carbocycles. The quantitative estimate of drug-likeness (QED) is 0.850. The summed E-state index contributed by atoms with van der Waals surface area (Å²) in [4.78, 5) is 9.87. The first-order valence-corrected chi connectivity index (χ1v) is 9.73. The second kappa shape index (κ2) is 7.85. The number of rotatable bonds is 4. The number of aryl methyl sites for hydroxylation is 1. The molecule has 0 amide bonds. The lowest BCUT2D eigenvalue weighted by Gasteiger charge is -2.37. The highest BCUT2D eigenvalue weighted by molar-refractivity contribution is 5.49. The Bertz CT molecular complexity index is 616. The second-order valence-electron chi connectivity index (χ2n) is 7.51. The number of hydrogen-bond donors (Lipinski definition) is 1. The SMILES string of the molecule is Cc1cc(N2CCN(CC3=CCCOC3)CC2)cc(C2CCCN2)n1. The molecule has 4 rings (SSSR count). The van der Waals surface area contributed by atoms with Crippen molar-refractivity contribution in [3.8, 4) is 0 Å². The molecule has 1 unspecified atom stereocenters. The minimum atomic E-state index is 0.443. The Morgan fingerprint density at radius 2 is 2.12 bits per heavy atom. The van der Waals surface area contributed by atoms with E-state index in [-0.39, 0.29) is 0 Å². The van der Waals surface area contributed by atoms with Crippen molar-refractivity contribution < 1.29 is 4.74 Å². The van der Waals surface area contributed by atoms with Crippen molar-refractivity contribution >= 4 is 5.69 Å². The Labute approximate surface area is 151 Å². The molecule has 0 spiro atoms. The summed E-state index contributed by atoms with van der Waals surface area (Å²) in [6.45, 7) is 10.4. The molecule has 4 heterocycles. The zero-order chi connectivity index (χ0) is 17.1. The number of nitrogens with one attached hydrogen (secondary N) is 1. The fraction of sp³-hybridized carbons (Fsp3) is 0.650. The van der Waals surface area contributed by atoms with Crippen molar-refractivity contribution in [3.05, 3.63) is 35.2 Å². The standard InChI is InChI=1S/C20H30N4O/c1-16-12-18(13-20(22-16)19-5-2-6-21-19)24-9-7-23(8-10-24)14-17-4-3-11-25-15-17/h4,12-13,19,21H,2-3,5-11,14-15H2,1H3. The van der Waals surface area contributed by atoms with Gasteiger partial charge in [0.1, 0.15) is 0 Å². The van der Waals surface area contributed by atoms with Gasteiger partial charge in [0, 0.05) is 50.1 Å². The van der Waals surface area contributed by atoms with Gasteiger partial charge in [-0.3, -0.25) is 9.88 Å². The largest absolute Gasteiger partial charge is 0.377 e. The zero-order valence-corrected chi connectivity index (χ0v) is 15.3. The van der Waals surface area contributed by atoms with Gasteiger partial charge < -0.3 is 15.0 Å². The minimum Gasteiger partial charge on any atom is -0.377 e. The van der Waals surface area contributed by atoms with E-state index < -0.39 is 0 Å². The van der Waals surface area contributed by atoms with Crippen LogP contribution in [0.5, 0.6) is 0 Å². The Morgan fingerprint density at radius 1 is 1.24 bits per heavy atom. The maximum atomic E-state index is 5.57. The van der Waals surface area contributed by atoms with E-state index in [1.807, 2.05) is 0 Å². The highest BCUT2D eigenvalue weighted by Crippen LogP contribution is 2.26. The Kier molecular flexibility index (Phi) is 5.34. The molecule has 1 N–H and O–H groups in total. The molecule has 5 heteroatoms. The van der Waals surface area contributed by atoms with E-state index in [4.69, 9.17) is 9.72 Å². The third-order valence-electron chi connectivity index (χ3n) is 5.52. The Morgan fingerprint density at radius 3 is 2.84 bits per heavy atom. The van der Waals surface area contributed by atoms with Crippen molar-refractivity contribution in [2.24, 2.45) is 0 Å². The van der Waals surface area contributed by atoms with Gasteiger partial charge in [0.05, 0.1) is 18.9 Å². The Balaban J connectivity index is 1.37. The molecule has 3 aliphatic rings. The molecular weight excluding hydrogens is 312 g/mol. The van der Waals surface area contributed by atoms with Gasteiger partial charge in [-0.25, -0.2) is 0 Å². The van der Waals surface area contributed by atoms with Crippen LogP contribution in [0.3, 0.4) is 0 Å². The number of pyridine rings is 1. The van der Waals surface area contributed by atoms with Gasteiger partial charge in [0.25, 0.3) is 0 Å². The fourth-order valence-electron chi connectivity index (χ4n) is 4.14. The van der Waals surface area contributed by atoms with Crippen molar-refractivity contribution in [1.82, 2.24) is 15.2 Å². The number of nitrogens with zero attached hydrogens (tertiary/aromatic N) is 3. The normalized spacial score (nSPS) is 25.2. The molecule has 0 bridgehead atoms. The fourth-order valence-corrected chi connectivity index (χ4v) is 4.14. The summed E-state index contributed by atoms with van der Waals surface area (Å²) in [5.41, 5.74) is 5.15. The first kappa shape index (κ1) is 17.0. The van der Waals surface area contributed by atoms with Crippen molar-refractivity contribution in [2.75, 3.05) is 57.4 Å². The second-order valence-corrected chi connectivity index (χ2v) is 7.51. The Hall–Kier alpha value is -1.43. The lowest BCUT2D eigenvalue weighted by atomic mass is 10.1. The van der Waals surface area contributed by atoms with Gasteiger partial charge in [0.2, 0.25) is 0 Å². The summed E-state index contributed by atoms with van der Waals surface area (Å²) in [7, 11) is 0. The monoisotopic (exact) mass is 342 g/mol. The molecular formula is C20H30N4O. The predicted molar refractivity (Wildman–Crippen MR) is 101 cm³/mol. The molecule has 25 heavy (non-hydrogen) atoms. The van der Waals surface area contributed by atoms with Crippen LogP contribution in [0.15, 0.2) is 23.8 Å². The number of hydrogen-bond acceptors (Lipinski definition) is 5. The summed E-state index contributed by atoms with van der Waals surface area (Å²) in [6, 6.07) is 4.99. The first-order valence-electron chi connectivity index (χ1n) is 9.73. The van der Waals surface area contributed by atoms with Crippen molar-refractivity contribution in [3.63, 3.8) is 0 Å². The van der Waals surface area contributed by atoms with Crippen LogP contribution in [0.1, 0.15) is 36.7 Å². The molecule has 0 radical (unpaired) electrons. The molecule has 5 nitrogen and oxygen atoms in total. The molecule has 0 aromatic carbocycles. The number of ether oxygens (including phenoxy) is 1. The zero-order valence-electron chi connectivity index (χ0n) is 15.3. The van der Waals surface area contributed by atoms with E-state index in [0.717, 1.165) is 64.6 Å². The van der Waals surface area contributed by atoms with Crippen LogP contribution in [-0.2, 0) is 4.74 Å². The van der Waals surface area contributed by atoms with E-state index >= 15 is 0 Å². The highest BCUT2D eigenvalue weighted by atomic mass is 16.5. The van der Waals surface area contributed by atoms with Crippen LogP contribution in [0.2, 0.25) is 0 Å². The van der Waals surface area contributed by atoms with Gasteiger partial charge in [-0.1, -0.05) is 6.08 Å². The van der Waals surface area contributed by atoms with Crippen LogP contribution in [0, 0.1) is 6.92 Å². The minimum absolute atomic E-state index is 0.443. The van der Waals surface area contributed by atoms with E-state index in [2.05, 4.69) is 40.2 Å². The molecule has 2 fully saturated rings. The maximum Gasteiger partial charge on any atom is 0.0689 e. The number of piperazine rings is 1. The number of anilines is 1. The molecule has 0 aliphatic carbocycles. The van der Waals surface area contributed by atoms with Crippen LogP contribution in [0.25, 0.3) is 0 Å². The lowest BCUT2D eigenvalue weighted by molar-refractivity contribution is 0.141. The molecule has 1 atom stereocenters.